The number of carbonyl (C=O) groups excluding carboxylic acids is 2. The van der Waals surface area contributed by atoms with Crippen molar-refractivity contribution in [3.05, 3.63) is 71.2 Å². The Morgan fingerprint density at radius 3 is 2.61 bits per heavy atom. The number of aryl methyl sites for hydroxylation is 1. The average Bonchev–Trinajstić information content (AvgIpc) is 3.45. The summed E-state index contributed by atoms with van der Waals surface area (Å²) in [6.45, 7) is 1.94. The minimum absolute atomic E-state index is 0. The van der Waals surface area contributed by atoms with Gasteiger partial charge in [0.1, 0.15) is 21.2 Å². The lowest BCUT2D eigenvalue weighted by Gasteiger charge is -2.29. The van der Waals surface area contributed by atoms with Gasteiger partial charge in [0, 0.05) is 18.3 Å². The fourth-order valence-corrected chi connectivity index (χ4v) is 5.97. The van der Waals surface area contributed by atoms with Crippen LogP contribution in [0.2, 0.25) is 0 Å². The number of ether oxygens (including phenoxy) is 1. The highest BCUT2D eigenvalue weighted by atomic mass is 32.1. The number of para-hydroxylation sites is 1. The van der Waals surface area contributed by atoms with Crippen molar-refractivity contribution in [3.63, 3.8) is 0 Å². The third-order valence-corrected chi connectivity index (χ3v) is 7.82. The number of nitrogens with two attached hydrogens (primary N) is 1. The number of carbonyl (C=O) groups is 2. The highest BCUT2D eigenvalue weighted by Crippen LogP contribution is 2.46. The van der Waals surface area contributed by atoms with E-state index in [1.54, 1.807) is 17.2 Å². The van der Waals surface area contributed by atoms with Crippen LogP contribution >= 0.6 is 38.3 Å². The molecule has 6 rings (SSSR count). The molecule has 0 bridgehead atoms. The molecule has 0 unspecified atom stereocenters. The summed E-state index contributed by atoms with van der Waals surface area (Å²) in [5.41, 5.74) is 8.93. The predicted molar refractivity (Wildman–Crippen MR) is 162 cm³/mol. The maximum absolute atomic E-state index is 13.4. The van der Waals surface area contributed by atoms with Crippen LogP contribution in [0.25, 0.3) is 10.2 Å². The Bertz CT molecular complexity index is 1490. The normalized spacial score (nSPS) is 17.8. The summed E-state index contributed by atoms with van der Waals surface area (Å²) in [6, 6.07) is 16.5. The monoisotopic (exact) mass is 567 g/mol. The second-order valence-corrected chi connectivity index (χ2v) is 10.1. The predicted octanol–water partition coefficient (Wildman–Crippen LogP) is 5.92. The summed E-state index contributed by atoms with van der Waals surface area (Å²) in [5, 5.41) is 6.77. The first kappa shape index (κ1) is 27.8. The number of hydrogen-bond acceptors (Lipinski definition) is 6. The van der Waals surface area contributed by atoms with Gasteiger partial charge in [-0.3, -0.25) is 9.69 Å². The highest BCUT2D eigenvalue weighted by molar-refractivity contribution is 7.59. The highest BCUT2D eigenvalue weighted by Gasteiger charge is 2.34. The van der Waals surface area contributed by atoms with Crippen LogP contribution in [0.4, 0.5) is 21.9 Å². The van der Waals surface area contributed by atoms with Crippen LogP contribution in [-0.4, -0.2) is 29.0 Å². The lowest BCUT2D eigenvalue weighted by molar-refractivity contribution is 0.0939. The van der Waals surface area contributed by atoms with Gasteiger partial charge in [0.05, 0.1) is 22.4 Å². The number of aromatic nitrogens is 1. The van der Waals surface area contributed by atoms with Crippen LogP contribution in [0, 0.1) is 6.92 Å². The molecular weight excluding hydrogens is 539 g/mol. The number of pyridine rings is 1. The Morgan fingerprint density at radius 2 is 1.89 bits per heavy atom. The van der Waals surface area contributed by atoms with Crippen molar-refractivity contribution in [2.45, 2.75) is 38.3 Å². The number of thiophene rings is 1. The van der Waals surface area contributed by atoms with E-state index in [9.17, 15) is 9.59 Å². The zero-order valence-electron chi connectivity index (χ0n) is 20.7. The fourth-order valence-electron chi connectivity index (χ4n) is 4.95. The molecule has 1 aliphatic heterocycles. The number of rotatable bonds is 5. The molecule has 1 saturated carbocycles. The molecular formula is C27H29N5O3S3. The van der Waals surface area contributed by atoms with Crippen LogP contribution in [0.1, 0.15) is 34.5 Å². The molecule has 0 radical (unpaired) electrons. The maximum atomic E-state index is 13.4. The van der Waals surface area contributed by atoms with Gasteiger partial charge in [-0.1, -0.05) is 18.2 Å². The summed E-state index contributed by atoms with van der Waals surface area (Å²) in [6.07, 6.45) is 4.42. The Balaban J connectivity index is 0.00000168. The molecule has 2 aromatic heterocycles. The first-order valence-electron chi connectivity index (χ1n) is 11.9. The van der Waals surface area contributed by atoms with Crippen molar-refractivity contribution in [2.24, 2.45) is 5.73 Å². The van der Waals surface area contributed by atoms with Crippen molar-refractivity contribution in [1.82, 2.24) is 10.3 Å². The average molecular weight is 568 g/mol. The number of nitrogens with zero attached hydrogens (tertiary/aromatic N) is 2. The van der Waals surface area contributed by atoms with Crippen molar-refractivity contribution < 1.29 is 14.3 Å². The summed E-state index contributed by atoms with van der Waals surface area (Å²) < 4.78 is 5.95. The largest absolute Gasteiger partial charge is 0.457 e. The molecule has 0 saturated heterocycles. The van der Waals surface area contributed by atoms with Gasteiger partial charge in [-0.05, 0) is 68.1 Å². The quantitative estimate of drug-likeness (QED) is 0.278. The molecule has 3 heterocycles. The Morgan fingerprint density at radius 1 is 1.11 bits per heavy atom. The topological polar surface area (TPSA) is 110 Å². The van der Waals surface area contributed by atoms with Gasteiger partial charge in [0.25, 0.3) is 5.91 Å². The summed E-state index contributed by atoms with van der Waals surface area (Å²) in [4.78, 5) is 33.8. The molecule has 198 valence electrons. The van der Waals surface area contributed by atoms with Crippen LogP contribution in [-0.2, 0) is 0 Å². The van der Waals surface area contributed by atoms with E-state index in [4.69, 9.17) is 10.5 Å². The zero-order valence-corrected chi connectivity index (χ0v) is 23.5. The fraction of sp³-hybridized carbons (Fsp3) is 0.222. The number of nitrogens with one attached hydrogen (secondary N) is 2. The van der Waals surface area contributed by atoms with E-state index in [2.05, 4.69) is 15.6 Å². The zero-order chi connectivity index (χ0) is 24.8. The number of benzene rings is 2. The molecule has 1 fully saturated rings. The standard InChI is InChI=1S/C27H25N5O3S.2H2S/c1-15-14-17(35-16-6-3-2-4-7-16)10-11-20(15)32-21-12-13-29-26-22(21)23(31-27(32)34)24(36-26)25(33)30-19-9-5-8-18(19)28;;/h2-4,6-7,10-14,18-19H,5,8-9,28H2,1H3,(H,30,33)(H,31,34);2*1H2/t18-,19-;;/m0../s1. The van der Waals surface area contributed by atoms with Crippen LogP contribution < -0.4 is 26.0 Å². The van der Waals surface area contributed by atoms with E-state index in [1.165, 1.54) is 11.3 Å². The Labute approximate surface area is 238 Å². The van der Waals surface area contributed by atoms with Crippen molar-refractivity contribution in [1.29, 1.82) is 0 Å². The van der Waals surface area contributed by atoms with Crippen LogP contribution in [0.15, 0.2) is 60.8 Å². The number of amides is 3. The third-order valence-electron chi connectivity index (χ3n) is 6.73. The first-order chi connectivity index (χ1) is 17.5. The Kier molecular flexibility index (Phi) is 8.22. The molecule has 8 nitrogen and oxygen atoms in total. The van der Waals surface area contributed by atoms with E-state index in [0.717, 1.165) is 41.6 Å². The van der Waals surface area contributed by atoms with Crippen molar-refractivity contribution in [2.75, 3.05) is 10.2 Å². The maximum Gasteiger partial charge on any atom is 0.331 e. The van der Waals surface area contributed by atoms with E-state index in [1.807, 2.05) is 55.5 Å². The SMILES string of the molecule is Cc1cc(Oc2ccccc2)ccc1N1C(=O)Nc2c(C(=O)N[C@H]3CCC[C@@H]3N)sc3nccc1c23.S.S. The van der Waals surface area contributed by atoms with Gasteiger partial charge >= 0.3 is 6.03 Å². The van der Waals surface area contributed by atoms with Gasteiger partial charge < -0.3 is 21.1 Å². The van der Waals surface area contributed by atoms with Gasteiger partial charge in [0.15, 0.2) is 0 Å². The van der Waals surface area contributed by atoms with Gasteiger partial charge in [-0.2, -0.15) is 27.0 Å². The molecule has 11 heteroatoms. The summed E-state index contributed by atoms with van der Waals surface area (Å²) in [7, 11) is 0. The molecule has 2 atom stereocenters. The Hall–Kier alpha value is -3.25. The number of hydrogen-bond donors (Lipinski definition) is 3. The molecule has 4 aromatic rings. The van der Waals surface area contributed by atoms with E-state index in [-0.39, 0.29) is 51.0 Å². The van der Waals surface area contributed by atoms with Crippen molar-refractivity contribution >= 4 is 77.5 Å². The number of urea groups is 1. The van der Waals surface area contributed by atoms with E-state index in [0.29, 0.717) is 26.8 Å². The van der Waals surface area contributed by atoms with E-state index < -0.39 is 0 Å². The first-order valence-corrected chi connectivity index (χ1v) is 12.7. The van der Waals surface area contributed by atoms with Gasteiger partial charge in [-0.25, -0.2) is 9.78 Å². The second kappa shape index (κ2) is 11.2. The minimum atomic E-state index is -0.333. The minimum Gasteiger partial charge on any atom is -0.457 e. The number of anilines is 3. The third kappa shape index (κ3) is 4.94. The summed E-state index contributed by atoms with van der Waals surface area (Å²) in [5.74, 6) is 1.19. The molecule has 2 aliphatic rings. The molecule has 38 heavy (non-hydrogen) atoms. The van der Waals surface area contributed by atoms with Gasteiger partial charge in [-0.15, -0.1) is 11.3 Å². The smallest absolute Gasteiger partial charge is 0.331 e. The lowest BCUT2D eigenvalue weighted by Crippen LogP contribution is -2.44. The van der Waals surface area contributed by atoms with Gasteiger partial charge in [0.2, 0.25) is 0 Å². The summed E-state index contributed by atoms with van der Waals surface area (Å²) >= 11 is 1.28. The van der Waals surface area contributed by atoms with E-state index >= 15 is 0 Å². The van der Waals surface area contributed by atoms with Crippen molar-refractivity contribution in [3.8, 4) is 11.5 Å². The molecule has 3 amide bonds. The lowest BCUT2D eigenvalue weighted by atomic mass is 10.1. The van der Waals surface area contributed by atoms with Crippen LogP contribution in [0.5, 0.6) is 11.5 Å². The molecule has 2 aromatic carbocycles. The van der Waals surface area contributed by atoms with Crippen LogP contribution in [0.3, 0.4) is 0 Å². The second-order valence-electron chi connectivity index (χ2n) is 9.12. The molecule has 4 N–H and O–H groups in total. The molecule has 1 aliphatic carbocycles. The molecule has 0 spiro atoms.